The monoisotopic (exact) mass is 387 g/mol. The summed E-state index contributed by atoms with van der Waals surface area (Å²) in [5, 5.41) is 2.67. The van der Waals surface area contributed by atoms with Crippen LogP contribution in [-0.2, 0) is 26.0 Å². The highest BCUT2D eigenvalue weighted by Crippen LogP contribution is 2.29. The average Bonchev–Trinajstić information content (AvgIpc) is 2.90. The largest absolute Gasteiger partial charge is 0.325 e. The van der Waals surface area contributed by atoms with Crippen molar-refractivity contribution in [3.05, 3.63) is 53.1 Å². The molecule has 0 saturated carbocycles. The molecule has 2 amide bonds. The van der Waals surface area contributed by atoms with E-state index in [1.807, 2.05) is 26.0 Å². The lowest BCUT2D eigenvalue weighted by Crippen LogP contribution is -2.33. The Bertz CT molecular complexity index is 1030. The lowest BCUT2D eigenvalue weighted by Gasteiger charge is -2.12. The maximum atomic E-state index is 12.5. The van der Waals surface area contributed by atoms with E-state index >= 15 is 0 Å². The Morgan fingerprint density at radius 1 is 1.11 bits per heavy atom. The first-order valence-electron chi connectivity index (χ1n) is 8.43. The number of carbonyl (C=O) groups is 2. The number of likely N-dealkylation sites (N-methyl/N-ethyl adjacent to an activating group) is 1. The maximum absolute atomic E-state index is 12.5. The van der Waals surface area contributed by atoms with Crippen LogP contribution in [0.15, 0.2) is 41.3 Å². The third-order valence-corrected chi connectivity index (χ3v) is 6.05. The molecule has 2 aromatic carbocycles. The molecule has 0 unspecified atom stereocenters. The van der Waals surface area contributed by atoms with Crippen LogP contribution in [0.1, 0.15) is 16.7 Å². The average molecular weight is 387 g/mol. The molecular weight excluding hydrogens is 366 g/mol. The highest BCUT2D eigenvalue weighted by atomic mass is 32.2. The van der Waals surface area contributed by atoms with Crippen molar-refractivity contribution in [3.8, 4) is 0 Å². The first kappa shape index (κ1) is 19.1. The van der Waals surface area contributed by atoms with Crippen LogP contribution < -0.4 is 14.9 Å². The maximum Gasteiger partial charge on any atom is 0.241 e. The quantitative estimate of drug-likeness (QED) is 0.817. The zero-order valence-corrected chi connectivity index (χ0v) is 16.2. The molecule has 0 fully saturated rings. The molecule has 0 saturated heterocycles. The van der Waals surface area contributed by atoms with Gasteiger partial charge in [-0.1, -0.05) is 6.07 Å². The summed E-state index contributed by atoms with van der Waals surface area (Å²) in [5.41, 5.74) is 4.11. The van der Waals surface area contributed by atoms with E-state index in [9.17, 15) is 18.0 Å². The summed E-state index contributed by atoms with van der Waals surface area (Å²) in [6, 6.07) is 9.98. The van der Waals surface area contributed by atoms with Gasteiger partial charge in [-0.2, -0.15) is 0 Å². The molecule has 27 heavy (non-hydrogen) atoms. The van der Waals surface area contributed by atoms with Gasteiger partial charge in [0, 0.05) is 18.4 Å². The first-order chi connectivity index (χ1) is 12.7. The van der Waals surface area contributed by atoms with Crippen LogP contribution in [0.25, 0.3) is 0 Å². The van der Waals surface area contributed by atoms with Crippen LogP contribution in [0, 0.1) is 13.8 Å². The number of benzene rings is 2. The van der Waals surface area contributed by atoms with E-state index in [0.717, 1.165) is 11.1 Å². The third-order valence-electron chi connectivity index (χ3n) is 4.65. The predicted molar refractivity (Wildman–Crippen MR) is 103 cm³/mol. The number of rotatable bonds is 5. The number of hydrogen-bond acceptors (Lipinski definition) is 4. The third kappa shape index (κ3) is 4.01. The van der Waals surface area contributed by atoms with E-state index in [4.69, 9.17) is 0 Å². The van der Waals surface area contributed by atoms with Gasteiger partial charge in [0.25, 0.3) is 0 Å². The van der Waals surface area contributed by atoms with Gasteiger partial charge in [0.2, 0.25) is 21.8 Å². The van der Waals surface area contributed by atoms with Gasteiger partial charge in [-0.3, -0.25) is 9.59 Å². The molecule has 0 bridgehead atoms. The summed E-state index contributed by atoms with van der Waals surface area (Å²) >= 11 is 0. The molecule has 0 spiro atoms. The van der Waals surface area contributed by atoms with E-state index < -0.39 is 15.9 Å². The second-order valence-corrected chi connectivity index (χ2v) is 8.36. The Hall–Kier alpha value is -2.71. The van der Waals surface area contributed by atoms with E-state index in [1.54, 1.807) is 19.2 Å². The molecule has 8 heteroatoms. The normalized spacial score (nSPS) is 13.6. The number of anilines is 2. The van der Waals surface area contributed by atoms with Crippen molar-refractivity contribution in [2.75, 3.05) is 23.8 Å². The Kier molecular flexibility index (Phi) is 5.03. The Balaban J connectivity index is 1.66. The highest BCUT2D eigenvalue weighted by molar-refractivity contribution is 7.89. The molecule has 0 aromatic heterocycles. The molecule has 0 aliphatic carbocycles. The van der Waals surface area contributed by atoms with Crippen molar-refractivity contribution in [3.63, 3.8) is 0 Å². The number of nitrogens with one attached hydrogen (secondary N) is 2. The number of sulfonamides is 1. The first-order valence-corrected chi connectivity index (χ1v) is 9.92. The number of aryl methyl sites for hydroxylation is 2. The summed E-state index contributed by atoms with van der Waals surface area (Å²) in [7, 11) is -2.21. The number of fused-ring (bicyclic) bond motifs is 1. The summed E-state index contributed by atoms with van der Waals surface area (Å²) in [4.78, 5) is 25.3. The Morgan fingerprint density at radius 2 is 1.85 bits per heavy atom. The van der Waals surface area contributed by atoms with E-state index in [2.05, 4.69) is 10.0 Å². The molecule has 7 nitrogen and oxygen atoms in total. The van der Waals surface area contributed by atoms with Gasteiger partial charge in [-0.05, 0) is 60.9 Å². The minimum atomic E-state index is -3.86. The van der Waals surface area contributed by atoms with Gasteiger partial charge in [0.15, 0.2) is 0 Å². The fourth-order valence-electron chi connectivity index (χ4n) is 2.88. The molecule has 142 valence electrons. The fraction of sp³-hybridized carbons (Fsp3) is 0.263. The van der Waals surface area contributed by atoms with Gasteiger partial charge >= 0.3 is 0 Å². The molecule has 0 radical (unpaired) electrons. The van der Waals surface area contributed by atoms with E-state index in [0.29, 0.717) is 16.9 Å². The van der Waals surface area contributed by atoms with Gasteiger partial charge in [-0.25, -0.2) is 13.1 Å². The molecule has 2 N–H and O–H groups in total. The van der Waals surface area contributed by atoms with Crippen molar-refractivity contribution in [1.29, 1.82) is 0 Å². The fourth-order valence-corrected chi connectivity index (χ4v) is 3.91. The van der Waals surface area contributed by atoms with Gasteiger partial charge in [0.05, 0.1) is 17.9 Å². The van der Waals surface area contributed by atoms with Crippen LogP contribution in [0.4, 0.5) is 11.4 Å². The highest BCUT2D eigenvalue weighted by Gasteiger charge is 2.26. The SMILES string of the molecule is Cc1ccc(NC(=O)CNS(=O)(=O)c2ccc3c(c2)CC(=O)N3C)cc1C. The molecule has 1 heterocycles. The number of nitrogens with zero attached hydrogens (tertiary/aromatic N) is 1. The number of hydrogen-bond donors (Lipinski definition) is 2. The predicted octanol–water partition coefficient (Wildman–Crippen LogP) is 1.74. The zero-order valence-electron chi connectivity index (χ0n) is 15.4. The van der Waals surface area contributed by atoms with Crippen molar-refractivity contribution in [1.82, 2.24) is 4.72 Å². The molecule has 1 aliphatic heterocycles. The standard InChI is InChI=1S/C19H21N3O4S/c1-12-4-5-15(8-13(12)2)21-18(23)11-20-27(25,26)16-6-7-17-14(9-16)10-19(24)22(17)3/h4-9,20H,10-11H2,1-3H3,(H,21,23). The molecular formula is C19H21N3O4S. The smallest absolute Gasteiger partial charge is 0.241 e. The minimum Gasteiger partial charge on any atom is -0.325 e. The zero-order chi connectivity index (χ0) is 19.8. The molecule has 3 rings (SSSR count). The summed E-state index contributed by atoms with van der Waals surface area (Å²) in [5.74, 6) is -0.543. The Morgan fingerprint density at radius 3 is 2.56 bits per heavy atom. The van der Waals surface area contributed by atoms with Crippen LogP contribution in [0.5, 0.6) is 0 Å². The van der Waals surface area contributed by atoms with Crippen molar-refractivity contribution in [2.24, 2.45) is 0 Å². The van der Waals surface area contributed by atoms with Gasteiger partial charge in [0.1, 0.15) is 0 Å². The Labute approximate surface area is 158 Å². The van der Waals surface area contributed by atoms with E-state index in [-0.39, 0.29) is 23.8 Å². The van der Waals surface area contributed by atoms with Crippen LogP contribution in [0.3, 0.4) is 0 Å². The minimum absolute atomic E-state index is 0.0309. The summed E-state index contributed by atoms with van der Waals surface area (Å²) in [6.45, 7) is 3.52. The van der Waals surface area contributed by atoms with Crippen LogP contribution in [-0.4, -0.2) is 33.8 Å². The molecule has 0 atom stereocenters. The lowest BCUT2D eigenvalue weighted by molar-refractivity contribution is -0.117. The second kappa shape index (κ2) is 7.13. The number of carbonyl (C=O) groups excluding carboxylic acids is 2. The number of amides is 2. The van der Waals surface area contributed by atoms with Crippen LogP contribution >= 0.6 is 0 Å². The van der Waals surface area contributed by atoms with E-state index in [1.165, 1.54) is 17.0 Å². The molecule has 1 aliphatic rings. The van der Waals surface area contributed by atoms with Gasteiger partial charge in [-0.15, -0.1) is 0 Å². The van der Waals surface area contributed by atoms with Crippen molar-refractivity contribution < 1.29 is 18.0 Å². The lowest BCUT2D eigenvalue weighted by atomic mass is 10.1. The summed E-state index contributed by atoms with van der Waals surface area (Å²) < 4.78 is 27.2. The second-order valence-electron chi connectivity index (χ2n) is 6.59. The summed E-state index contributed by atoms with van der Waals surface area (Å²) in [6.07, 6.45) is 0.169. The molecule has 2 aromatic rings. The van der Waals surface area contributed by atoms with Crippen molar-refractivity contribution >= 4 is 33.2 Å². The van der Waals surface area contributed by atoms with Crippen molar-refractivity contribution in [2.45, 2.75) is 25.2 Å². The van der Waals surface area contributed by atoms with Gasteiger partial charge < -0.3 is 10.2 Å². The topological polar surface area (TPSA) is 95.6 Å². The van der Waals surface area contributed by atoms with Crippen LogP contribution in [0.2, 0.25) is 0 Å².